The number of aliphatic hydroxyl groups is 1. The van der Waals surface area contributed by atoms with Gasteiger partial charge in [0.05, 0.1) is 28.7 Å². The number of para-hydroxylation sites is 1. The van der Waals surface area contributed by atoms with Crippen molar-refractivity contribution in [3.8, 4) is 5.75 Å². The first kappa shape index (κ1) is 30.5. The fourth-order valence-corrected chi connectivity index (χ4v) is 9.43. The molecule has 3 amide bonds. The zero-order chi connectivity index (χ0) is 31.8. The minimum absolute atomic E-state index is 0.0765. The van der Waals surface area contributed by atoms with Gasteiger partial charge in [0.2, 0.25) is 17.7 Å². The van der Waals surface area contributed by atoms with Crippen molar-refractivity contribution in [2.24, 2.45) is 11.8 Å². The number of thioether (sulfide) groups is 1. The number of nitrogens with zero attached hydrogens (tertiary/aromatic N) is 6. The normalized spacial score (nSPS) is 27.2. The first-order valence-electron chi connectivity index (χ1n) is 16.0. The second kappa shape index (κ2) is 12.6. The molecule has 7 rings (SSSR count). The molecule has 5 atom stereocenters. The fourth-order valence-electron chi connectivity index (χ4n) is 7.43. The molecule has 3 aromatic rings. The van der Waals surface area contributed by atoms with Crippen LogP contribution in [0.2, 0.25) is 0 Å². The SMILES string of the molecule is CCOc1ccc(N2CC=C[C@@H]3S[C@]45C=CCN(Cn6nnc7ccccc76)C(=O)C4N(CCCCCO)C(=O)[C@@H]5[C@@H]3C2=O)cc1. The predicted molar refractivity (Wildman–Crippen MR) is 175 cm³/mol. The number of carbonyl (C=O) groups excluding carboxylic acids is 3. The summed E-state index contributed by atoms with van der Waals surface area (Å²) in [5.74, 6) is -1.02. The topological polar surface area (TPSA) is 121 Å². The molecule has 2 aromatic carbocycles. The average molecular weight is 643 g/mol. The monoisotopic (exact) mass is 642 g/mol. The lowest BCUT2D eigenvalue weighted by Gasteiger charge is -2.35. The van der Waals surface area contributed by atoms with Gasteiger partial charge in [-0.1, -0.05) is 41.7 Å². The fraction of sp³-hybridized carbons (Fsp3) is 0.441. The third-order valence-electron chi connectivity index (χ3n) is 9.48. The highest BCUT2D eigenvalue weighted by Crippen LogP contribution is 2.61. The number of amides is 3. The quantitative estimate of drug-likeness (QED) is 0.264. The predicted octanol–water partition coefficient (Wildman–Crippen LogP) is 3.25. The van der Waals surface area contributed by atoms with Gasteiger partial charge in [-0.15, -0.1) is 16.9 Å². The Morgan fingerprint density at radius 3 is 2.61 bits per heavy atom. The number of hydrogen-bond acceptors (Lipinski definition) is 8. The second-order valence-electron chi connectivity index (χ2n) is 12.1. The summed E-state index contributed by atoms with van der Waals surface area (Å²) in [5, 5.41) is 17.7. The number of ether oxygens (including phenoxy) is 1. The van der Waals surface area contributed by atoms with E-state index in [1.165, 1.54) is 0 Å². The summed E-state index contributed by atoms with van der Waals surface area (Å²) >= 11 is 1.57. The van der Waals surface area contributed by atoms with Crippen molar-refractivity contribution < 1.29 is 24.2 Å². The van der Waals surface area contributed by atoms with Crippen LogP contribution in [0.25, 0.3) is 11.0 Å². The number of hydrogen-bond donors (Lipinski definition) is 1. The lowest BCUT2D eigenvalue weighted by atomic mass is 9.78. The molecule has 1 aromatic heterocycles. The maximum Gasteiger partial charge on any atom is 0.248 e. The molecule has 0 aliphatic carbocycles. The van der Waals surface area contributed by atoms with Gasteiger partial charge in [0.15, 0.2) is 0 Å². The van der Waals surface area contributed by atoms with E-state index in [1.54, 1.807) is 31.1 Å². The summed E-state index contributed by atoms with van der Waals surface area (Å²) in [5.41, 5.74) is 2.31. The second-order valence-corrected chi connectivity index (χ2v) is 13.6. The maximum atomic E-state index is 14.6. The molecule has 11 nitrogen and oxygen atoms in total. The summed E-state index contributed by atoms with van der Waals surface area (Å²) < 4.78 is 6.42. The minimum atomic E-state index is -0.901. The van der Waals surface area contributed by atoms with Crippen molar-refractivity contribution in [1.29, 1.82) is 0 Å². The van der Waals surface area contributed by atoms with Crippen molar-refractivity contribution in [2.45, 2.75) is 48.9 Å². The van der Waals surface area contributed by atoms with E-state index in [2.05, 4.69) is 10.3 Å². The van der Waals surface area contributed by atoms with Crippen LogP contribution in [0.5, 0.6) is 5.75 Å². The first-order chi connectivity index (χ1) is 22.5. The summed E-state index contributed by atoms with van der Waals surface area (Å²) in [6, 6.07) is 14.3. The standard InChI is InChI=1S/C34H38N6O5S/c1-2-45-24-15-13-23(14-16-24)38-20-8-12-27-28(31(38)42)29-32(43)39(19-6-3-7-21-41)30-33(44)37(18-9-17-34(29,30)46-27)22-40-26-11-5-4-10-25(26)35-36-40/h4-5,8-17,27-30,41H,2-3,6-7,18-22H2,1H3/t27-,28+,29-,30?,34-/m0/s1. The number of aromatic nitrogens is 3. The van der Waals surface area contributed by atoms with Gasteiger partial charge in [0.25, 0.3) is 0 Å². The average Bonchev–Trinajstić information content (AvgIpc) is 3.62. The highest BCUT2D eigenvalue weighted by Gasteiger charge is 2.71. The molecule has 4 aliphatic rings. The van der Waals surface area contributed by atoms with Crippen LogP contribution in [0.15, 0.2) is 72.8 Å². The summed E-state index contributed by atoms with van der Waals surface area (Å²) in [4.78, 5) is 48.9. The van der Waals surface area contributed by atoms with Crippen LogP contribution in [0.4, 0.5) is 5.69 Å². The van der Waals surface area contributed by atoms with Gasteiger partial charge in [-0.2, -0.15) is 0 Å². The Bertz CT molecular complexity index is 1690. The van der Waals surface area contributed by atoms with Crippen LogP contribution in [0, 0.1) is 11.8 Å². The van der Waals surface area contributed by atoms with Gasteiger partial charge < -0.3 is 24.5 Å². The van der Waals surface area contributed by atoms with Crippen molar-refractivity contribution in [3.63, 3.8) is 0 Å². The molecule has 12 heteroatoms. The molecule has 4 aliphatic heterocycles. The highest BCUT2D eigenvalue weighted by atomic mass is 32.2. The van der Waals surface area contributed by atoms with Gasteiger partial charge in [-0.25, -0.2) is 4.68 Å². The minimum Gasteiger partial charge on any atom is -0.494 e. The molecule has 1 spiro atoms. The van der Waals surface area contributed by atoms with Crippen molar-refractivity contribution in [2.75, 3.05) is 37.7 Å². The molecule has 240 valence electrons. The summed E-state index contributed by atoms with van der Waals surface area (Å²) in [6.45, 7) is 3.87. The molecule has 5 heterocycles. The zero-order valence-electron chi connectivity index (χ0n) is 25.8. The van der Waals surface area contributed by atoms with E-state index in [9.17, 15) is 19.5 Å². The van der Waals surface area contributed by atoms with Crippen LogP contribution < -0.4 is 9.64 Å². The molecule has 0 saturated carbocycles. The van der Waals surface area contributed by atoms with Crippen molar-refractivity contribution in [3.05, 3.63) is 72.8 Å². The number of anilines is 1. The Morgan fingerprint density at radius 2 is 1.80 bits per heavy atom. The van der Waals surface area contributed by atoms with E-state index >= 15 is 0 Å². The van der Waals surface area contributed by atoms with E-state index in [-0.39, 0.29) is 36.2 Å². The van der Waals surface area contributed by atoms with Gasteiger partial charge in [0, 0.05) is 37.2 Å². The number of likely N-dealkylation sites (tertiary alicyclic amines) is 1. The van der Waals surface area contributed by atoms with Crippen LogP contribution in [0.1, 0.15) is 26.2 Å². The molecule has 2 fully saturated rings. The third-order valence-corrected chi connectivity index (χ3v) is 11.2. The van der Waals surface area contributed by atoms with Crippen LogP contribution >= 0.6 is 11.8 Å². The van der Waals surface area contributed by atoms with Gasteiger partial charge in [0.1, 0.15) is 24.0 Å². The number of aliphatic hydroxyl groups excluding tert-OH is 1. The third kappa shape index (κ3) is 5.07. The van der Waals surface area contributed by atoms with Crippen LogP contribution in [0.3, 0.4) is 0 Å². The van der Waals surface area contributed by atoms with E-state index in [0.717, 1.165) is 28.9 Å². The number of unbranched alkanes of at least 4 members (excludes halogenated alkanes) is 2. The maximum absolute atomic E-state index is 14.6. The Hall–Kier alpha value is -4.16. The number of fused-ring (bicyclic) bond motifs is 3. The van der Waals surface area contributed by atoms with Crippen LogP contribution in [-0.2, 0) is 21.1 Å². The Labute approximate surface area is 271 Å². The number of rotatable bonds is 10. The van der Waals surface area contributed by atoms with E-state index < -0.39 is 22.6 Å². The molecular formula is C34H38N6O5S. The first-order valence-corrected chi connectivity index (χ1v) is 16.9. The lowest BCUT2D eigenvalue weighted by molar-refractivity contribution is -0.143. The molecule has 46 heavy (non-hydrogen) atoms. The Kier molecular flexibility index (Phi) is 8.33. The Morgan fingerprint density at radius 1 is 0.978 bits per heavy atom. The van der Waals surface area contributed by atoms with Crippen molar-refractivity contribution in [1.82, 2.24) is 24.8 Å². The van der Waals surface area contributed by atoms with Gasteiger partial charge >= 0.3 is 0 Å². The lowest BCUT2D eigenvalue weighted by Crippen LogP contribution is -2.53. The van der Waals surface area contributed by atoms with Crippen LogP contribution in [-0.4, -0.2) is 96.5 Å². The molecule has 0 bridgehead atoms. The number of carbonyl (C=O) groups is 3. The largest absolute Gasteiger partial charge is 0.494 e. The van der Waals surface area contributed by atoms with E-state index in [1.807, 2.05) is 79.8 Å². The smallest absolute Gasteiger partial charge is 0.248 e. The highest BCUT2D eigenvalue weighted by molar-refractivity contribution is 8.02. The van der Waals surface area contributed by atoms with E-state index in [4.69, 9.17) is 4.74 Å². The zero-order valence-corrected chi connectivity index (χ0v) is 26.6. The Balaban J connectivity index is 1.23. The van der Waals surface area contributed by atoms with Gasteiger partial charge in [-0.3, -0.25) is 14.4 Å². The van der Waals surface area contributed by atoms with Crippen molar-refractivity contribution >= 4 is 46.2 Å². The molecular weight excluding hydrogens is 604 g/mol. The number of benzene rings is 2. The molecule has 1 unspecified atom stereocenters. The molecule has 0 radical (unpaired) electrons. The summed E-state index contributed by atoms with van der Waals surface area (Å²) in [6.07, 6.45) is 10.1. The molecule has 2 saturated heterocycles. The van der Waals surface area contributed by atoms with Gasteiger partial charge in [-0.05, 0) is 62.6 Å². The molecule has 1 N–H and O–H groups in total. The van der Waals surface area contributed by atoms with E-state index in [0.29, 0.717) is 39.1 Å². The summed E-state index contributed by atoms with van der Waals surface area (Å²) in [7, 11) is 0.